The Morgan fingerprint density at radius 1 is 1.35 bits per heavy atom. The summed E-state index contributed by atoms with van der Waals surface area (Å²) in [6.45, 7) is 5.12. The van der Waals surface area contributed by atoms with Crippen molar-refractivity contribution in [3.8, 4) is 0 Å². The van der Waals surface area contributed by atoms with Crippen LogP contribution < -0.4 is 0 Å². The molecule has 7 heteroatoms. The van der Waals surface area contributed by atoms with E-state index in [0.717, 1.165) is 0 Å². The van der Waals surface area contributed by atoms with Gasteiger partial charge in [-0.3, -0.25) is 14.7 Å². The second-order valence-corrected chi connectivity index (χ2v) is 3.56. The lowest BCUT2D eigenvalue weighted by atomic mass is 10.4. The largest absolute Gasteiger partial charge is 0.342 e. The van der Waals surface area contributed by atoms with Crippen LogP contribution in [-0.2, 0) is 4.79 Å². The molecule has 1 aromatic rings. The summed E-state index contributed by atoms with van der Waals surface area (Å²) in [5, 5.41) is 6.06. The SMILES string of the molecule is CCN(CC)C(=O)CN(C)C(=O)c1ncn[nH]1. The first-order chi connectivity index (χ1) is 8.10. The Hall–Kier alpha value is -1.92. The van der Waals surface area contributed by atoms with Crippen molar-refractivity contribution in [3.05, 3.63) is 12.2 Å². The summed E-state index contributed by atoms with van der Waals surface area (Å²) in [7, 11) is 1.56. The van der Waals surface area contributed by atoms with Crippen LogP contribution in [0.1, 0.15) is 24.5 Å². The first-order valence-corrected chi connectivity index (χ1v) is 5.48. The number of carbonyl (C=O) groups is 2. The minimum Gasteiger partial charge on any atom is -0.342 e. The van der Waals surface area contributed by atoms with Crippen molar-refractivity contribution < 1.29 is 9.59 Å². The maximum Gasteiger partial charge on any atom is 0.291 e. The van der Waals surface area contributed by atoms with Crippen molar-refractivity contribution in [2.24, 2.45) is 0 Å². The van der Waals surface area contributed by atoms with Crippen molar-refractivity contribution in [2.45, 2.75) is 13.8 Å². The predicted octanol–water partition coefficient (Wildman–Crippen LogP) is -0.255. The van der Waals surface area contributed by atoms with Crippen molar-refractivity contribution in [2.75, 3.05) is 26.7 Å². The molecule has 0 atom stereocenters. The quantitative estimate of drug-likeness (QED) is 0.767. The summed E-state index contributed by atoms with van der Waals surface area (Å²) in [5.74, 6) is -0.284. The van der Waals surface area contributed by atoms with Gasteiger partial charge in [-0.2, -0.15) is 5.10 Å². The zero-order chi connectivity index (χ0) is 12.8. The number of hydrogen-bond donors (Lipinski definition) is 1. The number of carbonyl (C=O) groups excluding carboxylic acids is 2. The molecule has 1 aromatic heterocycles. The summed E-state index contributed by atoms with van der Waals surface area (Å²) >= 11 is 0. The highest BCUT2D eigenvalue weighted by molar-refractivity contribution is 5.93. The number of H-pyrrole nitrogens is 1. The molecule has 1 rings (SSSR count). The summed E-state index contributed by atoms with van der Waals surface area (Å²) in [5.41, 5.74) is 0. The van der Waals surface area contributed by atoms with Crippen LogP contribution in [0.25, 0.3) is 0 Å². The Kier molecular flexibility index (Phi) is 4.62. The summed E-state index contributed by atoms with van der Waals surface area (Å²) < 4.78 is 0. The van der Waals surface area contributed by atoms with Crippen LogP contribution in [0, 0.1) is 0 Å². The summed E-state index contributed by atoms with van der Waals surface area (Å²) in [4.78, 5) is 30.3. The average molecular weight is 239 g/mol. The van der Waals surface area contributed by atoms with E-state index in [0.29, 0.717) is 13.1 Å². The molecule has 0 unspecified atom stereocenters. The van der Waals surface area contributed by atoms with E-state index in [1.165, 1.54) is 11.2 Å². The fourth-order valence-corrected chi connectivity index (χ4v) is 1.44. The van der Waals surface area contributed by atoms with Crippen LogP contribution in [0.5, 0.6) is 0 Å². The third-order valence-corrected chi connectivity index (χ3v) is 2.45. The zero-order valence-corrected chi connectivity index (χ0v) is 10.3. The van der Waals surface area contributed by atoms with Crippen LogP contribution >= 0.6 is 0 Å². The third-order valence-electron chi connectivity index (χ3n) is 2.45. The molecule has 0 fully saturated rings. The highest BCUT2D eigenvalue weighted by atomic mass is 16.2. The van der Waals surface area contributed by atoms with Gasteiger partial charge in [-0.1, -0.05) is 0 Å². The molecule has 0 aliphatic rings. The van der Waals surface area contributed by atoms with Crippen LogP contribution in [0.3, 0.4) is 0 Å². The van der Waals surface area contributed by atoms with E-state index in [4.69, 9.17) is 0 Å². The molecule has 0 aliphatic heterocycles. The van der Waals surface area contributed by atoms with Gasteiger partial charge in [0, 0.05) is 20.1 Å². The van der Waals surface area contributed by atoms with E-state index in [-0.39, 0.29) is 24.2 Å². The fourth-order valence-electron chi connectivity index (χ4n) is 1.44. The van der Waals surface area contributed by atoms with Crippen molar-refractivity contribution in [1.29, 1.82) is 0 Å². The lowest BCUT2D eigenvalue weighted by Gasteiger charge is -2.22. The monoisotopic (exact) mass is 239 g/mol. The van der Waals surface area contributed by atoms with Gasteiger partial charge < -0.3 is 9.80 Å². The first kappa shape index (κ1) is 13.1. The predicted molar refractivity (Wildman–Crippen MR) is 61.3 cm³/mol. The maximum absolute atomic E-state index is 11.8. The van der Waals surface area contributed by atoms with Gasteiger partial charge in [0.2, 0.25) is 11.7 Å². The molecule has 1 N–H and O–H groups in total. The highest BCUT2D eigenvalue weighted by Crippen LogP contribution is 1.97. The van der Waals surface area contributed by atoms with E-state index < -0.39 is 0 Å². The second-order valence-electron chi connectivity index (χ2n) is 3.56. The van der Waals surface area contributed by atoms with E-state index in [1.54, 1.807) is 11.9 Å². The third kappa shape index (κ3) is 3.27. The molecule has 0 saturated carbocycles. The Labute approximate surface area is 99.8 Å². The number of nitrogens with one attached hydrogen (secondary N) is 1. The molecule has 2 amide bonds. The number of rotatable bonds is 5. The Morgan fingerprint density at radius 3 is 2.47 bits per heavy atom. The van der Waals surface area contributed by atoms with Gasteiger partial charge >= 0.3 is 0 Å². The molecule has 7 nitrogen and oxygen atoms in total. The molecule has 0 aromatic carbocycles. The number of amides is 2. The van der Waals surface area contributed by atoms with Crippen LogP contribution in [0.4, 0.5) is 0 Å². The van der Waals surface area contributed by atoms with E-state index in [2.05, 4.69) is 15.2 Å². The van der Waals surface area contributed by atoms with Crippen molar-refractivity contribution in [3.63, 3.8) is 0 Å². The molecule has 94 valence electrons. The Bertz CT molecular complexity index is 372. The van der Waals surface area contributed by atoms with Crippen LogP contribution in [0.2, 0.25) is 0 Å². The molecular formula is C10H17N5O2. The van der Waals surface area contributed by atoms with Gasteiger partial charge in [0.05, 0.1) is 6.54 Å². The van der Waals surface area contributed by atoms with E-state index >= 15 is 0 Å². The van der Waals surface area contributed by atoms with Crippen LogP contribution in [-0.4, -0.2) is 63.5 Å². The average Bonchev–Trinajstić information content (AvgIpc) is 2.83. The fraction of sp³-hybridized carbons (Fsp3) is 0.600. The molecule has 1 heterocycles. The molecule has 0 saturated heterocycles. The first-order valence-electron chi connectivity index (χ1n) is 5.48. The maximum atomic E-state index is 11.8. The van der Waals surface area contributed by atoms with Crippen molar-refractivity contribution in [1.82, 2.24) is 25.0 Å². The topological polar surface area (TPSA) is 82.2 Å². The minimum absolute atomic E-state index is 0.0429. The lowest BCUT2D eigenvalue weighted by molar-refractivity contribution is -0.131. The van der Waals surface area contributed by atoms with Gasteiger partial charge in [0.25, 0.3) is 5.91 Å². The number of hydrogen-bond acceptors (Lipinski definition) is 4. The standard InChI is InChI=1S/C10H17N5O2/c1-4-15(5-2)8(16)6-14(3)10(17)9-11-7-12-13-9/h7H,4-6H2,1-3H3,(H,11,12,13). The molecule has 17 heavy (non-hydrogen) atoms. The smallest absolute Gasteiger partial charge is 0.291 e. The minimum atomic E-state index is -0.344. The molecule has 0 spiro atoms. The lowest BCUT2D eigenvalue weighted by Crippen LogP contribution is -2.41. The van der Waals surface area contributed by atoms with Gasteiger partial charge in [-0.05, 0) is 13.8 Å². The Balaban J connectivity index is 2.57. The number of nitrogens with zero attached hydrogens (tertiary/aromatic N) is 4. The van der Waals surface area contributed by atoms with Gasteiger partial charge in [-0.15, -0.1) is 0 Å². The van der Waals surface area contributed by atoms with E-state index in [1.807, 2.05) is 13.8 Å². The van der Waals surface area contributed by atoms with Gasteiger partial charge in [-0.25, -0.2) is 4.98 Å². The number of likely N-dealkylation sites (N-methyl/N-ethyl adjacent to an activating group) is 2. The summed E-state index contributed by atoms with van der Waals surface area (Å²) in [6, 6.07) is 0. The molecular weight excluding hydrogens is 222 g/mol. The molecule has 0 aliphatic carbocycles. The molecule has 0 radical (unpaired) electrons. The Morgan fingerprint density at radius 2 is 2.00 bits per heavy atom. The molecule has 0 bridgehead atoms. The van der Waals surface area contributed by atoms with Crippen LogP contribution in [0.15, 0.2) is 6.33 Å². The van der Waals surface area contributed by atoms with Crippen molar-refractivity contribution >= 4 is 11.8 Å². The second kappa shape index (κ2) is 5.97. The van der Waals surface area contributed by atoms with Gasteiger partial charge in [0.15, 0.2) is 0 Å². The zero-order valence-electron chi connectivity index (χ0n) is 10.3. The normalized spacial score (nSPS) is 10.1. The number of aromatic amines is 1. The number of aromatic nitrogens is 3. The summed E-state index contributed by atoms with van der Waals surface area (Å²) in [6.07, 6.45) is 1.26. The van der Waals surface area contributed by atoms with Gasteiger partial charge in [0.1, 0.15) is 6.33 Å². The van der Waals surface area contributed by atoms with E-state index in [9.17, 15) is 9.59 Å². The highest BCUT2D eigenvalue weighted by Gasteiger charge is 2.19.